The van der Waals surface area contributed by atoms with Gasteiger partial charge in [0.25, 0.3) is 5.91 Å². The van der Waals surface area contributed by atoms with Gasteiger partial charge in [-0.15, -0.1) is 0 Å². The van der Waals surface area contributed by atoms with Crippen LogP contribution in [0.1, 0.15) is 18.9 Å². The van der Waals surface area contributed by atoms with Crippen LogP contribution in [0.4, 0.5) is 5.69 Å². The average Bonchev–Trinajstić information content (AvgIpc) is 2.31. The molecule has 1 N–H and O–H groups in total. The number of rotatable bonds is 5. The van der Waals surface area contributed by atoms with Gasteiger partial charge < -0.3 is 10.0 Å². The summed E-state index contributed by atoms with van der Waals surface area (Å²) in [7, 11) is 0. The Morgan fingerprint density at radius 2 is 2.00 bits per heavy atom. The SMILES string of the molecule is C/C=C/C(=O)N(CCC(=O)O)c1ccccc1C. The number of nitrogens with zero attached hydrogens (tertiary/aromatic N) is 1. The molecule has 0 saturated heterocycles. The minimum absolute atomic E-state index is 0.0718. The van der Waals surface area contributed by atoms with Crippen LogP contribution >= 0.6 is 0 Å². The van der Waals surface area contributed by atoms with Gasteiger partial charge in [-0.3, -0.25) is 9.59 Å². The highest BCUT2D eigenvalue weighted by Gasteiger charge is 2.15. The van der Waals surface area contributed by atoms with Crippen molar-refractivity contribution in [3.8, 4) is 0 Å². The second kappa shape index (κ2) is 6.59. The van der Waals surface area contributed by atoms with Gasteiger partial charge in [0.15, 0.2) is 0 Å². The summed E-state index contributed by atoms with van der Waals surface area (Å²) in [6.45, 7) is 3.82. The number of carbonyl (C=O) groups is 2. The van der Waals surface area contributed by atoms with E-state index in [2.05, 4.69) is 0 Å². The molecule has 1 aromatic rings. The number of allylic oxidation sites excluding steroid dienone is 1. The molecule has 0 heterocycles. The first-order valence-electron chi connectivity index (χ1n) is 5.78. The fraction of sp³-hybridized carbons (Fsp3) is 0.286. The lowest BCUT2D eigenvalue weighted by molar-refractivity contribution is -0.136. The fourth-order valence-electron chi connectivity index (χ4n) is 1.66. The van der Waals surface area contributed by atoms with E-state index < -0.39 is 5.97 Å². The van der Waals surface area contributed by atoms with Crippen LogP contribution in [0.15, 0.2) is 36.4 Å². The first-order valence-corrected chi connectivity index (χ1v) is 5.78. The number of para-hydroxylation sites is 1. The zero-order valence-corrected chi connectivity index (χ0v) is 10.6. The highest BCUT2D eigenvalue weighted by atomic mass is 16.4. The van der Waals surface area contributed by atoms with E-state index in [0.29, 0.717) is 0 Å². The summed E-state index contributed by atoms with van der Waals surface area (Å²) in [6.07, 6.45) is 3.01. The van der Waals surface area contributed by atoms with Crippen molar-refractivity contribution in [3.05, 3.63) is 42.0 Å². The normalized spacial score (nSPS) is 10.6. The van der Waals surface area contributed by atoms with E-state index in [9.17, 15) is 9.59 Å². The molecule has 0 aliphatic carbocycles. The van der Waals surface area contributed by atoms with E-state index in [1.807, 2.05) is 31.2 Å². The van der Waals surface area contributed by atoms with Crippen molar-refractivity contribution in [1.82, 2.24) is 0 Å². The van der Waals surface area contributed by atoms with Crippen molar-refractivity contribution in [2.24, 2.45) is 0 Å². The lowest BCUT2D eigenvalue weighted by Crippen LogP contribution is -2.32. The minimum Gasteiger partial charge on any atom is -0.481 e. The molecule has 0 atom stereocenters. The molecule has 0 fully saturated rings. The maximum atomic E-state index is 12.0. The van der Waals surface area contributed by atoms with Crippen molar-refractivity contribution >= 4 is 17.6 Å². The summed E-state index contributed by atoms with van der Waals surface area (Å²) in [5.74, 6) is -1.12. The number of aliphatic carboxylic acids is 1. The Morgan fingerprint density at radius 3 is 2.56 bits per heavy atom. The summed E-state index contributed by atoms with van der Waals surface area (Å²) in [5.41, 5.74) is 1.70. The van der Waals surface area contributed by atoms with Gasteiger partial charge in [-0.2, -0.15) is 0 Å². The van der Waals surface area contributed by atoms with Crippen LogP contribution in [0.3, 0.4) is 0 Å². The molecule has 1 amide bonds. The third-order valence-corrected chi connectivity index (χ3v) is 2.53. The smallest absolute Gasteiger partial charge is 0.305 e. The summed E-state index contributed by atoms with van der Waals surface area (Å²) < 4.78 is 0. The van der Waals surface area contributed by atoms with Gasteiger partial charge in [-0.25, -0.2) is 0 Å². The fourth-order valence-corrected chi connectivity index (χ4v) is 1.66. The van der Waals surface area contributed by atoms with Crippen molar-refractivity contribution in [2.45, 2.75) is 20.3 Å². The molecule has 96 valence electrons. The lowest BCUT2D eigenvalue weighted by atomic mass is 10.1. The van der Waals surface area contributed by atoms with Crippen LogP contribution in [-0.4, -0.2) is 23.5 Å². The highest BCUT2D eigenvalue weighted by Crippen LogP contribution is 2.20. The molecule has 4 heteroatoms. The van der Waals surface area contributed by atoms with Crippen molar-refractivity contribution < 1.29 is 14.7 Å². The maximum absolute atomic E-state index is 12.0. The molecule has 1 rings (SSSR count). The number of carboxylic acid groups (broad SMARTS) is 1. The van der Waals surface area contributed by atoms with E-state index in [1.54, 1.807) is 13.0 Å². The number of hydrogen-bond donors (Lipinski definition) is 1. The summed E-state index contributed by atoms with van der Waals surface area (Å²) in [5, 5.41) is 8.73. The predicted octanol–water partition coefficient (Wildman–Crippen LogP) is 2.38. The average molecular weight is 247 g/mol. The Hall–Kier alpha value is -2.10. The Balaban J connectivity index is 3.00. The Kier molecular flexibility index (Phi) is 5.11. The van der Waals surface area contributed by atoms with Gasteiger partial charge >= 0.3 is 5.97 Å². The van der Waals surface area contributed by atoms with Crippen LogP contribution in [-0.2, 0) is 9.59 Å². The molecule has 0 aliphatic heterocycles. The third kappa shape index (κ3) is 3.73. The second-order valence-electron chi connectivity index (χ2n) is 3.92. The number of aryl methyl sites for hydroxylation is 1. The molecule has 0 saturated carbocycles. The molecule has 0 aromatic heterocycles. The van der Waals surface area contributed by atoms with Crippen molar-refractivity contribution in [1.29, 1.82) is 0 Å². The number of amides is 1. The van der Waals surface area contributed by atoms with E-state index in [0.717, 1.165) is 11.3 Å². The summed E-state index contributed by atoms with van der Waals surface area (Å²) in [4.78, 5) is 24.1. The van der Waals surface area contributed by atoms with Gasteiger partial charge in [0.1, 0.15) is 0 Å². The quantitative estimate of drug-likeness (QED) is 0.813. The van der Waals surface area contributed by atoms with Crippen LogP contribution in [0.25, 0.3) is 0 Å². The van der Waals surface area contributed by atoms with Gasteiger partial charge in [0.05, 0.1) is 6.42 Å². The van der Waals surface area contributed by atoms with Gasteiger partial charge in [0.2, 0.25) is 0 Å². The lowest BCUT2D eigenvalue weighted by Gasteiger charge is -2.22. The topological polar surface area (TPSA) is 57.6 Å². The minimum atomic E-state index is -0.915. The monoisotopic (exact) mass is 247 g/mol. The molecular weight excluding hydrogens is 230 g/mol. The Morgan fingerprint density at radius 1 is 1.33 bits per heavy atom. The van der Waals surface area contributed by atoms with E-state index >= 15 is 0 Å². The standard InChI is InChI=1S/C14H17NO3/c1-3-6-13(16)15(10-9-14(17)18)12-8-5-4-7-11(12)2/h3-8H,9-10H2,1-2H3,(H,17,18)/b6-3+. The van der Waals surface area contributed by atoms with E-state index in [4.69, 9.17) is 5.11 Å². The number of anilines is 1. The molecule has 18 heavy (non-hydrogen) atoms. The van der Waals surface area contributed by atoms with Crippen LogP contribution in [0.2, 0.25) is 0 Å². The Bertz CT molecular complexity index is 466. The Labute approximate surface area is 107 Å². The molecule has 4 nitrogen and oxygen atoms in total. The van der Waals surface area contributed by atoms with Gasteiger partial charge in [-0.1, -0.05) is 24.3 Å². The van der Waals surface area contributed by atoms with Crippen LogP contribution in [0.5, 0.6) is 0 Å². The molecule has 0 bridgehead atoms. The first-order chi connectivity index (χ1) is 8.56. The number of carboxylic acids is 1. The molecule has 0 spiro atoms. The number of carbonyl (C=O) groups excluding carboxylic acids is 1. The van der Waals surface area contributed by atoms with Crippen LogP contribution < -0.4 is 4.90 Å². The van der Waals surface area contributed by atoms with E-state index in [1.165, 1.54) is 11.0 Å². The van der Waals surface area contributed by atoms with E-state index in [-0.39, 0.29) is 18.9 Å². The molecular formula is C14H17NO3. The summed E-state index contributed by atoms with van der Waals surface area (Å²) in [6, 6.07) is 7.43. The van der Waals surface area contributed by atoms with Gasteiger partial charge in [-0.05, 0) is 31.6 Å². The number of hydrogen-bond acceptors (Lipinski definition) is 2. The van der Waals surface area contributed by atoms with Crippen LogP contribution in [0, 0.1) is 6.92 Å². The van der Waals surface area contributed by atoms with Crippen molar-refractivity contribution in [2.75, 3.05) is 11.4 Å². The first kappa shape index (κ1) is 14.0. The maximum Gasteiger partial charge on any atom is 0.305 e. The van der Waals surface area contributed by atoms with Crippen molar-refractivity contribution in [3.63, 3.8) is 0 Å². The molecule has 0 radical (unpaired) electrons. The zero-order chi connectivity index (χ0) is 13.5. The zero-order valence-electron chi connectivity index (χ0n) is 10.6. The molecule has 0 unspecified atom stereocenters. The third-order valence-electron chi connectivity index (χ3n) is 2.53. The highest BCUT2D eigenvalue weighted by molar-refractivity contribution is 6.02. The molecule has 1 aromatic carbocycles. The molecule has 0 aliphatic rings. The predicted molar refractivity (Wildman–Crippen MR) is 70.6 cm³/mol. The van der Waals surface area contributed by atoms with Gasteiger partial charge in [0, 0.05) is 12.2 Å². The number of benzene rings is 1. The summed E-state index contributed by atoms with van der Waals surface area (Å²) >= 11 is 0. The second-order valence-corrected chi connectivity index (χ2v) is 3.92. The largest absolute Gasteiger partial charge is 0.481 e.